The van der Waals surface area contributed by atoms with Gasteiger partial charge in [0.1, 0.15) is 5.82 Å². The zero-order valence-corrected chi connectivity index (χ0v) is 10.4. The molecule has 1 N–H and O–H groups in total. The first kappa shape index (κ1) is 11.9. The van der Waals surface area contributed by atoms with E-state index < -0.39 is 5.82 Å². The molecule has 0 unspecified atom stereocenters. The van der Waals surface area contributed by atoms with Crippen molar-refractivity contribution in [2.45, 2.75) is 19.9 Å². The molecule has 0 aliphatic heterocycles. The van der Waals surface area contributed by atoms with E-state index in [2.05, 4.69) is 24.1 Å². The van der Waals surface area contributed by atoms with E-state index in [-0.39, 0.29) is 5.02 Å². The highest BCUT2D eigenvalue weighted by Crippen LogP contribution is 2.23. The van der Waals surface area contributed by atoms with Gasteiger partial charge in [0.15, 0.2) is 0 Å². The van der Waals surface area contributed by atoms with E-state index >= 15 is 0 Å². The van der Waals surface area contributed by atoms with Crippen molar-refractivity contribution in [2.24, 2.45) is 0 Å². The van der Waals surface area contributed by atoms with E-state index in [1.165, 1.54) is 12.1 Å². The Morgan fingerprint density at radius 2 is 2.18 bits per heavy atom. The summed E-state index contributed by atoms with van der Waals surface area (Å²) in [4.78, 5) is 4.20. The number of benzene rings is 1. The Balaban J connectivity index is 2.25. The van der Waals surface area contributed by atoms with Gasteiger partial charge in [0, 0.05) is 24.1 Å². The average molecular weight is 254 g/mol. The Hall–Kier alpha value is -1.55. The lowest BCUT2D eigenvalue weighted by Crippen LogP contribution is -2.05. The van der Waals surface area contributed by atoms with Gasteiger partial charge < -0.3 is 9.88 Å². The number of nitrogens with zero attached hydrogens (tertiary/aromatic N) is 2. The van der Waals surface area contributed by atoms with Crippen LogP contribution in [0.2, 0.25) is 5.02 Å². The molecule has 0 bridgehead atoms. The van der Waals surface area contributed by atoms with Crippen LogP contribution in [0, 0.1) is 5.82 Å². The monoisotopic (exact) mass is 253 g/mol. The maximum atomic E-state index is 13.0. The standard InChI is InChI=1S/C12H13ClFN3/c1-8(2)17-6-5-15-12(17)16-9-3-4-11(14)10(13)7-9/h3-8H,1-2H3,(H,15,16). The minimum absolute atomic E-state index is 0.0950. The molecular weight excluding hydrogens is 241 g/mol. The number of nitrogens with one attached hydrogen (secondary N) is 1. The highest BCUT2D eigenvalue weighted by atomic mass is 35.5. The zero-order chi connectivity index (χ0) is 12.4. The van der Waals surface area contributed by atoms with Gasteiger partial charge in [-0.15, -0.1) is 0 Å². The fourth-order valence-electron chi connectivity index (χ4n) is 1.53. The van der Waals surface area contributed by atoms with Gasteiger partial charge in [-0.25, -0.2) is 9.37 Å². The van der Waals surface area contributed by atoms with Gasteiger partial charge in [-0.1, -0.05) is 11.6 Å². The first-order chi connectivity index (χ1) is 8.08. The number of halogens is 2. The summed E-state index contributed by atoms with van der Waals surface area (Å²) in [6.45, 7) is 4.12. The first-order valence-electron chi connectivity index (χ1n) is 5.33. The summed E-state index contributed by atoms with van der Waals surface area (Å²) < 4.78 is 15.0. The molecule has 0 aliphatic carbocycles. The molecule has 0 radical (unpaired) electrons. The molecule has 0 saturated carbocycles. The largest absolute Gasteiger partial charge is 0.326 e. The molecule has 1 heterocycles. The molecule has 17 heavy (non-hydrogen) atoms. The van der Waals surface area contributed by atoms with Gasteiger partial charge in [0.05, 0.1) is 5.02 Å². The Morgan fingerprint density at radius 3 is 2.82 bits per heavy atom. The van der Waals surface area contributed by atoms with E-state index in [1.54, 1.807) is 12.3 Å². The van der Waals surface area contributed by atoms with Crippen molar-refractivity contribution in [3.8, 4) is 0 Å². The second-order valence-electron chi connectivity index (χ2n) is 4.01. The topological polar surface area (TPSA) is 29.9 Å². The van der Waals surface area contributed by atoms with Crippen molar-refractivity contribution >= 4 is 23.2 Å². The first-order valence-corrected chi connectivity index (χ1v) is 5.70. The van der Waals surface area contributed by atoms with Crippen molar-refractivity contribution in [3.63, 3.8) is 0 Å². The van der Waals surface area contributed by atoms with Crippen molar-refractivity contribution < 1.29 is 4.39 Å². The van der Waals surface area contributed by atoms with E-state index in [0.717, 1.165) is 0 Å². The van der Waals surface area contributed by atoms with E-state index in [1.807, 2.05) is 10.8 Å². The molecule has 0 saturated heterocycles. The summed E-state index contributed by atoms with van der Waals surface area (Å²) in [6.07, 6.45) is 3.60. The van der Waals surface area contributed by atoms with Crippen molar-refractivity contribution in [1.29, 1.82) is 0 Å². The van der Waals surface area contributed by atoms with Crippen LogP contribution in [0.3, 0.4) is 0 Å². The molecule has 0 spiro atoms. The van der Waals surface area contributed by atoms with Crippen LogP contribution in [0.15, 0.2) is 30.6 Å². The van der Waals surface area contributed by atoms with Crippen molar-refractivity contribution in [3.05, 3.63) is 41.4 Å². The molecule has 90 valence electrons. The highest BCUT2D eigenvalue weighted by Gasteiger charge is 2.07. The minimum atomic E-state index is -0.426. The summed E-state index contributed by atoms with van der Waals surface area (Å²) in [5.74, 6) is 0.284. The van der Waals surface area contributed by atoms with Gasteiger partial charge in [0.2, 0.25) is 5.95 Å². The molecule has 3 nitrogen and oxygen atoms in total. The lowest BCUT2D eigenvalue weighted by Gasteiger charge is -2.12. The fourth-order valence-corrected chi connectivity index (χ4v) is 1.71. The van der Waals surface area contributed by atoms with Crippen LogP contribution in [-0.2, 0) is 0 Å². The van der Waals surface area contributed by atoms with Crippen LogP contribution in [-0.4, -0.2) is 9.55 Å². The maximum absolute atomic E-state index is 13.0. The van der Waals surface area contributed by atoms with E-state index in [4.69, 9.17) is 11.6 Å². The van der Waals surface area contributed by atoms with Crippen LogP contribution in [0.1, 0.15) is 19.9 Å². The van der Waals surface area contributed by atoms with Crippen molar-refractivity contribution in [1.82, 2.24) is 9.55 Å². The molecule has 0 amide bonds. The number of rotatable bonds is 3. The Morgan fingerprint density at radius 1 is 1.41 bits per heavy atom. The molecule has 5 heteroatoms. The number of hydrogen-bond acceptors (Lipinski definition) is 2. The zero-order valence-electron chi connectivity index (χ0n) is 9.61. The minimum Gasteiger partial charge on any atom is -0.326 e. The summed E-state index contributed by atoms with van der Waals surface area (Å²) in [5, 5.41) is 3.20. The predicted molar refractivity (Wildman–Crippen MR) is 67.3 cm³/mol. The second kappa shape index (κ2) is 4.75. The predicted octanol–water partition coefficient (Wildman–Crippen LogP) is 4.00. The number of anilines is 2. The van der Waals surface area contributed by atoms with Gasteiger partial charge in [-0.3, -0.25) is 0 Å². The number of hydrogen-bond donors (Lipinski definition) is 1. The smallest absolute Gasteiger partial charge is 0.207 e. The summed E-state index contributed by atoms with van der Waals surface area (Å²) in [7, 11) is 0. The average Bonchev–Trinajstić information content (AvgIpc) is 2.72. The van der Waals surface area contributed by atoms with Crippen LogP contribution in [0.4, 0.5) is 16.0 Å². The normalized spacial score (nSPS) is 10.9. The molecule has 1 aromatic carbocycles. The Kier molecular flexibility index (Phi) is 3.33. The lowest BCUT2D eigenvalue weighted by atomic mass is 10.3. The van der Waals surface area contributed by atoms with Gasteiger partial charge in [-0.05, 0) is 32.0 Å². The Labute approximate surface area is 104 Å². The quantitative estimate of drug-likeness (QED) is 0.896. The van der Waals surface area contributed by atoms with Crippen molar-refractivity contribution in [2.75, 3.05) is 5.32 Å². The van der Waals surface area contributed by atoms with E-state index in [9.17, 15) is 4.39 Å². The molecular formula is C12H13ClFN3. The SMILES string of the molecule is CC(C)n1ccnc1Nc1ccc(F)c(Cl)c1. The van der Waals surface area contributed by atoms with Gasteiger partial charge in [0.25, 0.3) is 0 Å². The van der Waals surface area contributed by atoms with E-state index in [0.29, 0.717) is 17.7 Å². The summed E-state index contributed by atoms with van der Waals surface area (Å²) in [6, 6.07) is 4.79. The third kappa shape index (κ3) is 2.58. The molecule has 0 aliphatic rings. The number of aromatic nitrogens is 2. The second-order valence-corrected chi connectivity index (χ2v) is 4.41. The van der Waals surface area contributed by atoms with Crippen LogP contribution in [0.5, 0.6) is 0 Å². The summed E-state index contributed by atoms with van der Waals surface area (Å²) in [5.41, 5.74) is 0.713. The molecule has 2 rings (SSSR count). The molecule has 2 aromatic rings. The van der Waals surface area contributed by atoms with Crippen LogP contribution >= 0.6 is 11.6 Å². The third-order valence-electron chi connectivity index (χ3n) is 2.40. The third-order valence-corrected chi connectivity index (χ3v) is 2.69. The Bertz CT molecular complexity index is 522. The highest BCUT2D eigenvalue weighted by molar-refractivity contribution is 6.31. The van der Waals surface area contributed by atoms with Gasteiger partial charge in [-0.2, -0.15) is 0 Å². The lowest BCUT2D eigenvalue weighted by molar-refractivity contribution is 0.607. The molecule has 1 aromatic heterocycles. The number of imidazole rings is 1. The summed E-state index contributed by atoms with van der Waals surface area (Å²) >= 11 is 5.71. The maximum Gasteiger partial charge on any atom is 0.207 e. The fraction of sp³-hybridized carbons (Fsp3) is 0.250. The van der Waals surface area contributed by atoms with Crippen LogP contribution < -0.4 is 5.32 Å². The van der Waals surface area contributed by atoms with Gasteiger partial charge >= 0.3 is 0 Å². The molecule has 0 fully saturated rings. The molecule has 0 atom stereocenters. The van der Waals surface area contributed by atoms with Crippen LogP contribution in [0.25, 0.3) is 0 Å².